The second kappa shape index (κ2) is 10.8. The number of anilines is 1. The molecule has 0 bridgehead atoms. The van der Waals surface area contributed by atoms with Crippen molar-refractivity contribution in [1.29, 1.82) is 0 Å². The normalized spacial score (nSPS) is 14.3. The van der Waals surface area contributed by atoms with E-state index in [0.717, 1.165) is 26.4 Å². The number of halogens is 1. The Bertz CT molecular complexity index is 1940. The molecule has 2 heterocycles. The molecule has 0 atom stereocenters. The summed E-state index contributed by atoms with van der Waals surface area (Å²) in [7, 11) is -4.50. The topological polar surface area (TPSA) is 127 Å². The van der Waals surface area contributed by atoms with E-state index in [0.29, 0.717) is 16.8 Å². The fourth-order valence-corrected chi connectivity index (χ4v) is 5.42. The molecule has 0 saturated carbocycles. The Morgan fingerprint density at radius 2 is 1.65 bits per heavy atom. The van der Waals surface area contributed by atoms with Crippen LogP contribution in [0.1, 0.15) is 12.3 Å². The summed E-state index contributed by atoms with van der Waals surface area (Å²) in [6.07, 6.45) is -0.0980. The molecule has 0 aliphatic carbocycles. The molecular weight excluding hydrogens is 550 g/mol. The van der Waals surface area contributed by atoms with Gasteiger partial charge in [-0.1, -0.05) is 48.5 Å². The largest absolute Gasteiger partial charge is 1.00 e. The zero-order valence-corrected chi connectivity index (χ0v) is 24.1. The van der Waals surface area contributed by atoms with E-state index in [1.54, 1.807) is 30.3 Å². The molecule has 40 heavy (non-hydrogen) atoms. The molecule has 198 valence electrons. The summed E-state index contributed by atoms with van der Waals surface area (Å²) < 4.78 is 63.5. The number of nitrogens with zero attached hydrogens (tertiary/aromatic N) is 2. The first-order chi connectivity index (χ1) is 18.7. The summed E-state index contributed by atoms with van der Waals surface area (Å²) in [4.78, 5) is 12.8. The van der Waals surface area contributed by atoms with Crippen molar-refractivity contribution in [2.45, 2.75) is 13.0 Å². The van der Waals surface area contributed by atoms with Crippen molar-refractivity contribution in [3.05, 3.63) is 84.6 Å². The third-order valence-corrected chi connectivity index (χ3v) is 7.38. The van der Waals surface area contributed by atoms with Crippen molar-refractivity contribution < 1.29 is 70.5 Å². The minimum absolute atomic E-state index is 0. The van der Waals surface area contributed by atoms with Crippen LogP contribution in [0.5, 0.6) is 5.75 Å². The zero-order valence-electron chi connectivity index (χ0n) is 21.3. The molecular formula is C28H20FN2NaO7S. The molecule has 0 radical (unpaired) electrons. The molecule has 0 N–H and O–H groups in total. The molecule has 9 nitrogen and oxygen atoms in total. The van der Waals surface area contributed by atoms with Gasteiger partial charge in [-0.05, 0) is 40.4 Å². The number of hydrogen-bond acceptors (Lipinski definition) is 8. The van der Waals surface area contributed by atoms with E-state index in [-0.39, 0.29) is 54.2 Å². The molecule has 1 aliphatic rings. The number of carbonyl (C=O) groups is 1. The van der Waals surface area contributed by atoms with Crippen LogP contribution < -0.4 is 48.9 Å². The molecule has 0 amide bonds. The third kappa shape index (κ3) is 5.18. The number of fused-ring (bicyclic) bond motifs is 5. The van der Waals surface area contributed by atoms with Crippen LogP contribution in [0.4, 0.5) is 10.1 Å². The van der Waals surface area contributed by atoms with E-state index >= 15 is 4.39 Å². The van der Waals surface area contributed by atoms with E-state index in [4.69, 9.17) is 9.15 Å². The summed E-state index contributed by atoms with van der Waals surface area (Å²) in [6, 6.07) is 21.5. The van der Waals surface area contributed by atoms with Crippen LogP contribution in [0, 0.1) is 0 Å². The van der Waals surface area contributed by atoms with Crippen molar-refractivity contribution in [2.75, 3.05) is 17.2 Å². The number of ether oxygens (including phenoxy) is 1. The van der Waals surface area contributed by atoms with E-state index < -0.39 is 40.1 Å². The van der Waals surface area contributed by atoms with Gasteiger partial charge >= 0.3 is 35.4 Å². The van der Waals surface area contributed by atoms with E-state index in [9.17, 15) is 22.9 Å². The number of aliphatic carboxylic acids is 1. The molecule has 0 unspecified atom stereocenters. The average molecular weight is 571 g/mol. The van der Waals surface area contributed by atoms with Crippen molar-refractivity contribution in [3.8, 4) is 5.75 Å². The first kappa shape index (κ1) is 28.1. The molecule has 5 aromatic rings. The molecule has 0 fully saturated rings. The van der Waals surface area contributed by atoms with Crippen LogP contribution in [0.3, 0.4) is 0 Å². The molecule has 6 rings (SSSR count). The van der Waals surface area contributed by atoms with E-state index in [1.165, 1.54) is 4.57 Å². The summed E-state index contributed by atoms with van der Waals surface area (Å²) in [5, 5.41) is 14.8. The molecule has 0 saturated heterocycles. The minimum Gasteiger partial charge on any atom is -0.748 e. The van der Waals surface area contributed by atoms with Crippen LogP contribution in [-0.4, -0.2) is 31.2 Å². The summed E-state index contributed by atoms with van der Waals surface area (Å²) in [5.74, 6) is -3.56. The van der Waals surface area contributed by atoms with Gasteiger partial charge in [-0.15, -0.1) is 0 Å². The van der Waals surface area contributed by atoms with Gasteiger partial charge < -0.3 is 28.5 Å². The van der Waals surface area contributed by atoms with Gasteiger partial charge in [-0.3, -0.25) is 0 Å². The van der Waals surface area contributed by atoms with Gasteiger partial charge in [0, 0.05) is 12.2 Å². The molecule has 12 heteroatoms. The minimum atomic E-state index is -4.50. The molecule has 0 spiro atoms. The van der Waals surface area contributed by atoms with E-state index in [2.05, 4.69) is 0 Å². The van der Waals surface area contributed by atoms with Crippen molar-refractivity contribution in [3.63, 3.8) is 0 Å². The van der Waals surface area contributed by atoms with Gasteiger partial charge in [0.15, 0.2) is 12.3 Å². The maximum absolute atomic E-state index is 16.4. The number of aryl methyl sites for hydroxylation is 1. The SMILES string of the molecule is O=C([O-])CN1C(=C(F)c2oc3ccc4ccccc4c3[n+]2CCCS(=O)(=O)[O-])Oc2cc3ccccc3cc21.[Na+]. The predicted octanol–water partition coefficient (Wildman–Crippen LogP) is 0.211. The van der Waals surface area contributed by atoms with Gasteiger partial charge in [-0.2, -0.15) is 8.96 Å². The van der Waals surface area contributed by atoms with Crippen molar-refractivity contribution in [2.24, 2.45) is 0 Å². The maximum Gasteiger partial charge on any atom is 1.00 e. The van der Waals surface area contributed by atoms with Gasteiger partial charge in [-0.25, -0.2) is 8.42 Å². The van der Waals surface area contributed by atoms with E-state index in [1.807, 2.05) is 42.5 Å². The molecule has 4 aromatic carbocycles. The van der Waals surface area contributed by atoms with Gasteiger partial charge in [0.1, 0.15) is 0 Å². The number of carboxylic acids is 1. The number of aromatic nitrogens is 1. The summed E-state index contributed by atoms with van der Waals surface area (Å²) >= 11 is 0. The number of rotatable bonds is 7. The maximum atomic E-state index is 16.4. The fourth-order valence-electron chi connectivity index (χ4n) is 4.94. The number of benzene rings is 4. The summed E-state index contributed by atoms with van der Waals surface area (Å²) in [5.41, 5.74) is 1.15. The Morgan fingerprint density at radius 3 is 2.35 bits per heavy atom. The van der Waals surface area contributed by atoms with Crippen molar-refractivity contribution >= 4 is 60.2 Å². The Hall–Kier alpha value is -3.48. The Labute approximate surface area is 250 Å². The zero-order chi connectivity index (χ0) is 27.3. The van der Waals surface area contributed by atoms with Gasteiger partial charge in [0.2, 0.25) is 11.5 Å². The number of carboxylic acid groups (broad SMARTS) is 1. The number of oxazole rings is 1. The van der Waals surface area contributed by atoms with Gasteiger partial charge in [0.25, 0.3) is 11.3 Å². The third-order valence-electron chi connectivity index (χ3n) is 6.59. The quantitative estimate of drug-likeness (QED) is 0.155. The van der Waals surface area contributed by atoms with Crippen LogP contribution in [0.25, 0.3) is 38.5 Å². The monoisotopic (exact) mass is 570 g/mol. The van der Waals surface area contributed by atoms with Crippen LogP contribution in [0.2, 0.25) is 0 Å². The smallest absolute Gasteiger partial charge is 0.748 e. The standard InChI is InChI=1S/C28H21FN2O7S.Na/c29-25(28-31(16-24(32)33)21-14-18-7-1-2-8-19(18)15-23(21)38-28)27-30(12-5-13-39(34,35)36)26-20-9-4-3-6-17(20)10-11-22(26)37-27;/h1-4,6-11,14-15H,5,12-13,16H2,(H-,32,33,34,35,36);/q;+1/p-1. The Balaban J connectivity index is 0.00000323. The fraction of sp³-hybridized carbons (Fsp3) is 0.143. The van der Waals surface area contributed by atoms with Crippen molar-refractivity contribution in [1.82, 2.24) is 0 Å². The van der Waals surface area contributed by atoms with Gasteiger partial charge in [0.05, 0.1) is 33.7 Å². The van der Waals surface area contributed by atoms with Crippen LogP contribution in [-0.2, 0) is 21.5 Å². The molecule has 1 aliphatic heterocycles. The second-order valence-corrected chi connectivity index (χ2v) is 10.7. The first-order valence-corrected chi connectivity index (χ1v) is 13.6. The van der Waals surface area contributed by atoms with Crippen LogP contribution in [0.15, 0.2) is 83.1 Å². The predicted molar refractivity (Wildman–Crippen MR) is 138 cm³/mol. The Kier molecular flexibility index (Phi) is 7.60. The van der Waals surface area contributed by atoms with Crippen LogP contribution >= 0.6 is 0 Å². The summed E-state index contributed by atoms with van der Waals surface area (Å²) in [6.45, 7) is -0.749. The molecule has 1 aromatic heterocycles. The Morgan fingerprint density at radius 1 is 0.975 bits per heavy atom. The number of hydrogen-bond donors (Lipinski definition) is 0. The first-order valence-electron chi connectivity index (χ1n) is 12.1. The average Bonchev–Trinajstić information content (AvgIpc) is 3.44. The second-order valence-electron chi connectivity index (χ2n) is 9.15. The number of carbonyl (C=O) groups excluding carboxylic acids is 1.